The Morgan fingerprint density at radius 1 is 1.17 bits per heavy atom. The van der Waals surface area contributed by atoms with Gasteiger partial charge in [-0.05, 0) is 25.3 Å². The third-order valence-corrected chi connectivity index (χ3v) is 2.91. The van der Waals surface area contributed by atoms with E-state index in [-0.39, 0.29) is 11.9 Å². The maximum Gasteiger partial charge on any atom is 0.242 e. The summed E-state index contributed by atoms with van der Waals surface area (Å²) < 4.78 is 0. The molecule has 0 aliphatic heterocycles. The van der Waals surface area contributed by atoms with Gasteiger partial charge in [-0.3, -0.25) is 4.79 Å². The van der Waals surface area contributed by atoms with Gasteiger partial charge in [0.1, 0.15) is 6.04 Å². The number of carbonyl (C=O) groups excluding carboxylic acids is 1. The molecule has 3 nitrogen and oxygen atoms in total. The van der Waals surface area contributed by atoms with Crippen molar-refractivity contribution >= 4 is 22.4 Å². The second-order valence-corrected chi connectivity index (χ2v) is 4.29. The van der Waals surface area contributed by atoms with Crippen LogP contribution < -0.4 is 10.6 Å². The largest absolute Gasteiger partial charge is 0.373 e. The van der Waals surface area contributed by atoms with E-state index >= 15 is 0 Å². The first-order chi connectivity index (χ1) is 8.72. The lowest BCUT2D eigenvalue weighted by atomic mass is 10.1. The van der Waals surface area contributed by atoms with Crippen LogP contribution >= 0.6 is 0 Å². The molecule has 18 heavy (non-hydrogen) atoms. The van der Waals surface area contributed by atoms with E-state index < -0.39 is 0 Å². The number of hydrogen-bond donors (Lipinski definition) is 2. The molecule has 2 aromatic carbocycles. The Morgan fingerprint density at radius 2 is 1.89 bits per heavy atom. The lowest BCUT2D eigenvalue weighted by Crippen LogP contribution is -2.37. The molecular formula is C15H18N2O. The lowest BCUT2D eigenvalue weighted by Gasteiger charge is -2.16. The molecule has 0 saturated heterocycles. The Kier molecular flexibility index (Phi) is 3.82. The summed E-state index contributed by atoms with van der Waals surface area (Å²) in [6.07, 6.45) is 0. The molecule has 0 radical (unpaired) electrons. The minimum absolute atomic E-state index is 0.0189. The highest BCUT2D eigenvalue weighted by Gasteiger charge is 2.12. The molecule has 0 heterocycles. The zero-order valence-corrected chi connectivity index (χ0v) is 10.7. The van der Waals surface area contributed by atoms with Gasteiger partial charge in [-0.1, -0.05) is 36.4 Å². The van der Waals surface area contributed by atoms with Crippen LogP contribution in [0.4, 0.5) is 5.69 Å². The zero-order chi connectivity index (χ0) is 13.0. The van der Waals surface area contributed by atoms with E-state index in [0.29, 0.717) is 6.54 Å². The minimum atomic E-state index is -0.240. The fraction of sp³-hybridized carbons (Fsp3) is 0.267. The van der Waals surface area contributed by atoms with Crippen LogP contribution in [0.25, 0.3) is 10.8 Å². The zero-order valence-electron chi connectivity index (χ0n) is 10.7. The number of rotatable bonds is 4. The Bertz CT molecular complexity index is 546. The van der Waals surface area contributed by atoms with Gasteiger partial charge in [0.05, 0.1) is 0 Å². The molecule has 0 unspecified atom stereocenters. The summed E-state index contributed by atoms with van der Waals surface area (Å²) in [4.78, 5) is 11.7. The fourth-order valence-electron chi connectivity index (χ4n) is 1.98. The van der Waals surface area contributed by atoms with Crippen molar-refractivity contribution in [1.82, 2.24) is 5.32 Å². The quantitative estimate of drug-likeness (QED) is 0.865. The number of hydrogen-bond acceptors (Lipinski definition) is 2. The summed E-state index contributed by atoms with van der Waals surface area (Å²) in [6, 6.07) is 14.0. The van der Waals surface area contributed by atoms with Crippen molar-refractivity contribution < 1.29 is 4.79 Å². The summed E-state index contributed by atoms with van der Waals surface area (Å²) in [5, 5.41) is 8.38. The average Bonchev–Trinajstić information content (AvgIpc) is 2.39. The van der Waals surface area contributed by atoms with Crippen LogP contribution in [0.2, 0.25) is 0 Å². The van der Waals surface area contributed by atoms with Gasteiger partial charge in [0.25, 0.3) is 0 Å². The third-order valence-electron chi connectivity index (χ3n) is 2.91. The molecule has 2 aromatic rings. The standard InChI is InChI=1S/C15H18N2O/c1-3-16-15(18)11(2)17-14-10-6-8-12-7-4-5-9-13(12)14/h4-11,17H,3H2,1-2H3,(H,16,18)/t11-/m1/s1. The van der Waals surface area contributed by atoms with Gasteiger partial charge in [-0.25, -0.2) is 0 Å². The van der Waals surface area contributed by atoms with Crippen LogP contribution in [-0.2, 0) is 4.79 Å². The first-order valence-corrected chi connectivity index (χ1v) is 6.24. The Morgan fingerprint density at radius 3 is 2.67 bits per heavy atom. The van der Waals surface area contributed by atoms with Gasteiger partial charge < -0.3 is 10.6 Å². The van der Waals surface area contributed by atoms with Gasteiger partial charge in [0.15, 0.2) is 0 Å². The summed E-state index contributed by atoms with van der Waals surface area (Å²) >= 11 is 0. The predicted molar refractivity (Wildman–Crippen MR) is 75.7 cm³/mol. The van der Waals surface area contributed by atoms with Gasteiger partial charge in [-0.15, -0.1) is 0 Å². The molecule has 1 atom stereocenters. The number of anilines is 1. The highest BCUT2D eigenvalue weighted by atomic mass is 16.2. The highest BCUT2D eigenvalue weighted by Crippen LogP contribution is 2.23. The van der Waals surface area contributed by atoms with Crippen molar-refractivity contribution in [3.05, 3.63) is 42.5 Å². The molecule has 1 amide bonds. The van der Waals surface area contributed by atoms with Crippen LogP contribution in [0.15, 0.2) is 42.5 Å². The molecular weight excluding hydrogens is 224 g/mol. The summed E-state index contributed by atoms with van der Waals surface area (Å²) in [7, 11) is 0. The number of benzene rings is 2. The van der Waals surface area contributed by atoms with E-state index in [0.717, 1.165) is 11.1 Å². The van der Waals surface area contributed by atoms with Crippen molar-refractivity contribution in [3.8, 4) is 0 Å². The first kappa shape index (κ1) is 12.4. The van der Waals surface area contributed by atoms with Crippen LogP contribution in [0.3, 0.4) is 0 Å². The second-order valence-electron chi connectivity index (χ2n) is 4.29. The van der Waals surface area contributed by atoms with Crippen molar-refractivity contribution in [1.29, 1.82) is 0 Å². The van der Waals surface area contributed by atoms with E-state index in [9.17, 15) is 4.79 Å². The number of amides is 1. The molecule has 0 saturated carbocycles. The number of fused-ring (bicyclic) bond motifs is 1. The smallest absolute Gasteiger partial charge is 0.242 e. The highest BCUT2D eigenvalue weighted by molar-refractivity contribution is 5.95. The number of carbonyl (C=O) groups is 1. The molecule has 0 bridgehead atoms. The molecule has 0 fully saturated rings. The van der Waals surface area contributed by atoms with E-state index in [2.05, 4.69) is 28.8 Å². The van der Waals surface area contributed by atoms with Gasteiger partial charge in [-0.2, -0.15) is 0 Å². The van der Waals surface area contributed by atoms with Crippen LogP contribution in [0, 0.1) is 0 Å². The Balaban J connectivity index is 2.24. The van der Waals surface area contributed by atoms with E-state index in [4.69, 9.17) is 0 Å². The molecule has 0 aromatic heterocycles. The maximum absolute atomic E-state index is 11.7. The predicted octanol–water partition coefficient (Wildman–Crippen LogP) is 2.78. The molecule has 2 rings (SSSR count). The molecule has 2 N–H and O–H groups in total. The SMILES string of the molecule is CCNC(=O)[C@@H](C)Nc1cccc2ccccc12. The van der Waals surface area contributed by atoms with Gasteiger partial charge in [0.2, 0.25) is 5.91 Å². The Labute approximate surface area is 107 Å². The van der Waals surface area contributed by atoms with Gasteiger partial charge >= 0.3 is 0 Å². The van der Waals surface area contributed by atoms with E-state index in [1.807, 2.05) is 38.1 Å². The van der Waals surface area contributed by atoms with E-state index in [1.165, 1.54) is 5.39 Å². The fourth-order valence-corrected chi connectivity index (χ4v) is 1.98. The van der Waals surface area contributed by atoms with Crippen molar-refractivity contribution in [2.24, 2.45) is 0 Å². The van der Waals surface area contributed by atoms with Crippen LogP contribution in [-0.4, -0.2) is 18.5 Å². The molecule has 0 spiro atoms. The van der Waals surface area contributed by atoms with Crippen molar-refractivity contribution in [3.63, 3.8) is 0 Å². The number of likely N-dealkylation sites (N-methyl/N-ethyl adjacent to an activating group) is 1. The summed E-state index contributed by atoms with van der Waals surface area (Å²) in [5.74, 6) is 0.0189. The minimum Gasteiger partial charge on any atom is -0.373 e. The lowest BCUT2D eigenvalue weighted by molar-refractivity contribution is -0.121. The second kappa shape index (κ2) is 5.54. The Hall–Kier alpha value is -2.03. The van der Waals surface area contributed by atoms with Crippen LogP contribution in [0.1, 0.15) is 13.8 Å². The molecule has 0 aliphatic rings. The third kappa shape index (κ3) is 2.62. The van der Waals surface area contributed by atoms with Crippen molar-refractivity contribution in [2.75, 3.05) is 11.9 Å². The maximum atomic E-state index is 11.7. The molecule has 0 aliphatic carbocycles. The molecule has 94 valence electrons. The summed E-state index contributed by atoms with van der Waals surface area (Å²) in [6.45, 7) is 4.44. The topological polar surface area (TPSA) is 41.1 Å². The first-order valence-electron chi connectivity index (χ1n) is 6.24. The van der Waals surface area contributed by atoms with Crippen molar-refractivity contribution in [2.45, 2.75) is 19.9 Å². The molecule has 3 heteroatoms. The normalized spacial score (nSPS) is 12.1. The average molecular weight is 242 g/mol. The van der Waals surface area contributed by atoms with Gasteiger partial charge in [0, 0.05) is 17.6 Å². The number of nitrogens with one attached hydrogen (secondary N) is 2. The van der Waals surface area contributed by atoms with E-state index in [1.54, 1.807) is 0 Å². The monoisotopic (exact) mass is 242 g/mol. The van der Waals surface area contributed by atoms with Crippen LogP contribution in [0.5, 0.6) is 0 Å². The summed E-state index contributed by atoms with van der Waals surface area (Å²) in [5.41, 5.74) is 0.992.